The van der Waals surface area contributed by atoms with Gasteiger partial charge in [0.1, 0.15) is 5.52 Å². The molecule has 0 spiro atoms. The van der Waals surface area contributed by atoms with E-state index >= 15 is 0 Å². The lowest BCUT2D eigenvalue weighted by molar-refractivity contribution is 0.361. The summed E-state index contributed by atoms with van der Waals surface area (Å²) in [6, 6.07) is 18.5. The highest BCUT2D eigenvalue weighted by molar-refractivity contribution is 6.03. The Kier molecular flexibility index (Phi) is 4.60. The first-order valence-electron chi connectivity index (χ1n) is 11.0. The molecule has 0 aliphatic carbocycles. The number of hydrogen-bond donors (Lipinski definition) is 0. The van der Waals surface area contributed by atoms with Crippen LogP contribution in [0.15, 0.2) is 71.9 Å². The van der Waals surface area contributed by atoms with Crippen molar-refractivity contribution in [2.45, 2.75) is 12.5 Å². The van der Waals surface area contributed by atoms with Crippen molar-refractivity contribution in [2.75, 3.05) is 19.6 Å². The van der Waals surface area contributed by atoms with Crippen molar-refractivity contribution in [3.63, 3.8) is 0 Å². The van der Waals surface area contributed by atoms with E-state index in [1.165, 1.54) is 6.20 Å². The first-order chi connectivity index (χ1) is 16.2. The molecule has 1 atom stereocenters. The lowest BCUT2D eigenvalue weighted by Crippen LogP contribution is -2.28. The summed E-state index contributed by atoms with van der Waals surface area (Å²) in [6.07, 6.45) is 5.80. The van der Waals surface area contributed by atoms with Gasteiger partial charge < -0.3 is 4.57 Å². The van der Waals surface area contributed by atoms with Crippen LogP contribution in [0.1, 0.15) is 12.5 Å². The zero-order chi connectivity index (χ0) is 22.4. The van der Waals surface area contributed by atoms with E-state index in [1.54, 1.807) is 6.20 Å². The lowest BCUT2D eigenvalue weighted by Gasteiger charge is -2.18. The number of nitrogens with zero attached hydrogens (tertiary/aromatic N) is 6. The minimum atomic E-state index is -0.128. The number of pyridine rings is 2. The van der Waals surface area contributed by atoms with Crippen molar-refractivity contribution < 1.29 is 0 Å². The molecule has 1 fully saturated rings. The van der Waals surface area contributed by atoms with Gasteiger partial charge in [0.05, 0.1) is 47.6 Å². The first kappa shape index (κ1) is 19.5. The normalized spacial score (nSPS) is 16.5. The topological polar surface area (TPSA) is 87.7 Å². The molecule has 7 heteroatoms. The van der Waals surface area contributed by atoms with Gasteiger partial charge in [-0.15, -0.1) is 0 Å². The average molecular weight is 432 g/mol. The standard InChI is InChI=1S/C26H20N6O/c27-8-10-31-9-7-20(16-31)32-25(33)15-30-24-14-29-23-6-5-17(12-21(23)26(24)32)19-11-18-3-1-2-4-22(18)28-13-19/h1-6,11-15,20H,7,9-10,16H2. The molecule has 0 bridgehead atoms. The van der Waals surface area contributed by atoms with Gasteiger partial charge in [0.25, 0.3) is 5.56 Å². The second-order valence-electron chi connectivity index (χ2n) is 8.44. The van der Waals surface area contributed by atoms with Gasteiger partial charge in [0.15, 0.2) is 0 Å². The van der Waals surface area contributed by atoms with Gasteiger partial charge in [-0.2, -0.15) is 5.26 Å². The van der Waals surface area contributed by atoms with Crippen LogP contribution in [0.3, 0.4) is 0 Å². The maximum atomic E-state index is 13.0. The van der Waals surface area contributed by atoms with E-state index in [1.807, 2.05) is 41.1 Å². The highest BCUT2D eigenvalue weighted by Gasteiger charge is 2.26. The number of nitriles is 1. The minimum Gasteiger partial charge on any atom is -0.300 e. The Morgan fingerprint density at radius 1 is 0.939 bits per heavy atom. The molecule has 33 heavy (non-hydrogen) atoms. The van der Waals surface area contributed by atoms with Crippen molar-refractivity contribution in [1.82, 2.24) is 24.4 Å². The van der Waals surface area contributed by atoms with Gasteiger partial charge >= 0.3 is 0 Å². The Hall–Kier alpha value is -4.15. The molecule has 5 aromatic rings. The summed E-state index contributed by atoms with van der Waals surface area (Å²) in [4.78, 5) is 28.7. The number of hydrogen-bond acceptors (Lipinski definition) is 6. The Morgan fingerprint density at radius 2 is 1.79 bits per heavy atom. The molecule has 1 aliphatic heterocycles. The van der Waals surface area contributed by atoms with Gasteiger partial charge in [0, 0.05) is 35.6 Å². The molecular formula is C26H20N6O. The average Bonchev–Trinajstić information content (AvgIpc) is 3.31. The molecular weight excluding hydrogens is 412 g/mol. The summed E-state index contributed by atoms with van der Waals surface area (Å²) in [5.41, 5.74) is 5.14. The summed E-state index contributed by atoms with van der Waals surface area (Å²) in [5.74, 6) is 0. The number of para-hydroxylation sites is 1. The summed E-state index contributed by atoms with van der Waals surface area (Å²) in [6.45, 7) is 1.84. The third-order valence-corrected chi connectivity index (χ3v) is 6.44. The SMILES string of the molecule is N#CCN1CCC(n2c(=O)cnc3cnc4ccc(-c5cnc6ccccc6c5)cc4c32)C1. The van der Waals surface area contributed by atoms with E-state index < -0.39 is 0 Å². The number of aromatic nitrogens is 4. The fourth-order valence-corrected chi connectivity index (χ4v) is 4.85. The smallest absolute Gasteiger partial charge is 0.269 e. The third-order valence-electron chi connectivity index (χ3n) is 6.44. The Balaban J connectivity index is 1.56. The molecule has 1 unspecified atom stereocenters. The molecule has 0 N–H and O–H groups in total. The zero-order valence-corrected chi connectivity index (χ0v) is 17.8. The van der Waals surface area contributed by atoms with Gasteiger partial charge in [-0.3, -0.25) is 19.7 Å². The molecule has 3 aromatic heterocycles. The van der Waals surface area contributed by atoms with Crippen molar-refractivity contribution in [2.24, 2.45) is 0 Å². The largest absolute Gasteiger partial charge is 0.300 e. The monoisotopic (exact) mass is 432 g/mol. The van der Waals surface area contributed by atoms with Crippen LogP contribution in [0.4, 0.5) is 0 Å². The minimum absolute atomic E-state index is 0.00654. The van der Waals surface area contributed by atoms with E-state index in [4.69, 9.17) is 5.26 Å². The zero-order valence-electron chi connectivity index (χ0n) is 17.8. The van der Waals surface area contributed by atoms with Gasteiger partial charge in [0.2, 0.25) is 0 Å². The lowest BCUT2D eigenvalue weighted by atomic mass is 10.0. The fraction of sp³-hybridized carbons (Fsp3) is 0.192. The van der Waals surface area contributed by atoms with Gasteiger partial charge in [-0.25, -0.2) is 4.98 Å². The second kappa shape index (κ2) is 7.76. The quantitative estimate of drug-likeness (QED) is 0.317. The summed E-state index contributed by atoms with van der Waals surface area (Å²) in [5, 5.41) is 11.0. The van der Waals surface area contributed by atoms with Crippen LogP contribution >= 0.6 is 0 Å². The maximum absolute atomic E-state index is 13.0. The third kappa shape index (κ3) is 3.32. The number of benzene rings is 2. The molecule has 7 nitrogen and oxygen atoms in total. The van der Waals surface area contributed by atoms with Crippen molar-refractivity contribution >= 4 is 32.8 Å². The van der Waals surface area contributed by atoms with Crippen molar-refractivity contribution in [3.8, 4) is 17.2 Å². The molecule has 1 saturated heterocycles. The molecule has 1 aliphatic rings. The van der Waals surface area contributed by atoms with Crippen LogP contribution in [0.2, 0.25) is 0 Å². The molecule has 0 saturated carbocycles. The van der Waals surface area contributed by atoms with Crippen molar-refractivity contribution in [1.29, 1.82) is 5.26 Å². The van der Waals surface area contributed by atoms with Gasteiger partial charge in [-0.1, -0.05) is 24.3 Å². The van der Waals surface area contributed by atoms with E-state index in [0.717, 1.165) is 51.4 Å². The summed E-state index contributed by atoms with van der Waals surface area (Å²) in [7, 11) is 0. The van der Waals surface area contributed by atoms with E-state index in [0.29, 0.717) is 18.6 Å². The van der Waals surface area contributed by atoms with Crippen LogP contribution in [0, 0.1) is 11.3 Å². The van der Waals surface area contributed by atoms with Crippen LogP contribution < -0.4 is 5.56 Å². The predicted molar refractivity (Wildman–Crippen MR) is 128 cm³/mol. The van der Waals surface area contributed by atoms with E-state index in [-0.39, 0.29) is 11.6 Å². The fourth-order valence-electron chi connectivity index (χ4n) is 4.85. The molecule has 0 radical (unpaired) electrons. The molecule has 4 heterocycles. The molecule has 160 valence electrons. The molecule has 2 aromatic carbocycles. The molecule has 0 amide bonds. The Labute approximate surface area is 189 Å². The van der Waals surface area contributed by atoms with Crippen LogP contribution in [0.25, 0.3) is 44.0 Å². The van der Waals surface area contributed by atoms with E-state index in [9.17, 15) is 4.79 Å². The highest BCUT2D eigenvalue weighted by atomic mass is 16.1. The second-order valence-corrected chi connectivity index (χ2v) is 8.44. The van der Waals surface area contributed by atoms with Crippen LogP contribution in [0.5, 0.6) is 0 Å². The highest BCUT2D eigenvalue weighted by Crippen LogP contribution is 2.31. The summed E-state index contributed by atoms with van der Waals surface area (Å²) >= 11 is 0. The van der Waals surface area contributed by atoms with E-state index in [2.05, 4.69) is 44.1 Å². The summed E-state index contributed by atoms with van der Waals surface area (Å²) < 4.78 is 1.85. The number of likely N-dealkylation sites (tertiary alicyclic amines) is 1. The van der Waals surface area contributed by atoms with Crippen LogP contribution in [-0.2, 0) is 0 Å². The number of rotatable bonds is 3. The maximum Gasteiger partial charge on any atom is 0.269 e. The Morgan fingerprint density at radius 3 is 2.70 bits per heavy atom. The van der Waals surface area contributed by atoms with Crippen molar-refractivity contribution in [3.05, 3.63) is 77.5 Å². The number of fused-ring (bicyclic) bond motifs is 4. The predicted octanol–water partition coefficient (Wildman–Crippen LogP) is 3.93. The van der Waals surface area contributed by atoms with Crippen LogP contribution in [-0.4, -0.2) is 44.1 Å². The molecule has 6 rings (SSSR count). The first-order valence-corrected chi connectivity index (χ1v) is 11.0. The van der Waals surface area contributed by atoms with Gasteiger partial charge in [-0.05, 0) is 36.2 Å². The Bertz CT molecular complexity index is 1630.